The van der Waals surface area contributed by atoms with Crippen LogP contribution in [0.3, 0.4) is 0 Å². The first-order valence-electron chi connectivity index (χ1n) is 14.4. The summed E-state index contributed by atoms with van der Waals surface area (Å²) >= 11 is 0. The maximum absolute atomic E-state index is 15.2. The van der Waals surface area contributed by atoms with Crippen LogP contribution in [-0.2, 0) is 18.1 Å². The van der Waals surface area contributed by atoms with Gasteiger partial charge in [-0.2, -0.15) is 30.7 Å². The Bertz CT molecular complexity index is 1880. The van der Waals surface area contributed by atoms with Crippen LogP contribution in [0.5, 0.6) is 11.5 Å². The van der Waals surface area contributed by atoms with Gasteiger partial charge in [-0.05, 0) is 85.1 Å². The summed E-state index contributed by atoms with van der Waals surface area (Å²) < 4.78 is 149. The summed E-state index contributed by atoms with van der Waals surface area (Å²) in [6, 6.07) is 11.0. The van der Waals surface area contributed by atoms with Gasteiger partial charge in [-0.25, -0.2) is 13.2 Å². The number of carbonyl (C=O) groups excluding carboxylic acids is 2. The maximum Gasteiger partial charge on any atom is 0.461 e. The van der Waals surface area contributed by atoms with Crippen LogP contribution in [-0.4, -0.2) is 30.5 Å². The van der Waals surface area contributed by atoms with Gasteiger partial charge in [0, 0.05) is 23.6 Å². The third-order valence-electron chi connectivity index (χ3n) is 7.23. The molecule has 16 heteroatoms. The molecule has 4 aromatic rings. The molecule has 2 amide bonds. The van der Waals surface area contributed by atoms with Crippen LogP contribution in [0.4, 0.5) is 43.9 Å². The van der Waals surface area contributed by atoms with E-state index < -0.39 is 94.2 Å². The number of amides is 2. The van der Waals surface area contributed by atoms with Gasteiger partial charge in [-0.15, -0.1) is 0 Å². The van der Waals surface area contributed by atoms with Crippen molar-refractivity contribution in [3.63, 3.8) is 0 Å². The largest absolute Gasteiger partial charge is 0.488 e. The molecule has 0 spiro atoms. The highest BCUT2D eigenvalue weighted by Gasteiger charge is 2.45. The summed E-state index contributed by atoms with van der Waals surface area (Å²) in [7, 11) is 0. The molecule has 0 radical (unpaired) electrons. The summed E-state index contributed by atoms with van der Waals surface area (Å²) in [6.45, 7) is 3.07. The highest BCUT2D eigenvalue weighted by Crippen LogP contribution is 2.40. The summed E-state index contributed by atoms with van der Waals surface area (Å²) in [5.41, 5.74) is -0.0774. The number of primary amides is 1. The van der Waals surface area contributed by atoms with Crippen molar-refractivity contribution in [1.82, 2.24) is 5.32 Å². The van der Waals surface area contributed by atoms with Gasteiger partial charge in [-0.1, -0.05) is 18.2 Å². The minimum atomic E-state index is -5.25. The number of nitrogens with two attached hydrogens (primary N) is 1. The molecule has 0 fully saturated rings. The molecule has 3 N–H and O–H groups in total. The van der Waals surface area contributed by atoms with Crippen molar-refractivity contribution in [2.45, 2.75) is 50.6 Å². The highest BCUT2D eigenvalue weighted by molar-refractivity contribution is 5.95. The fourth-order valence-electron chi connectivity index (χ4n) is 4.98. The normalized spacial score (nSPS) is 13.2. The van der Waals surface area contributed by atoms with Gasteiger partial charge in [0.15, 0.2) is 11.6 Å². The van der Waals surface area contributed by atoms with Crippen LogP contribution in [0.2, 0.25) is 0 Å². The lowest BCUT2D eigenvalue weighted by Gasteiger charge is -2.37. The van der Waals surface area contributed by atoms with E-state index in [0.717, 1.165) is 18.2 Å². The van der Waals surface area contributed by atoms with E-state index >= 15 is 4.39 Å². The Hall–Kier alpha value is -5.28. The topological polar surface area (TPSA) is 90.6 Å². The first-order chi connectivity index (χ1) is 23.2. The van der Waals surface area contributed by atoms with Gasteiger partial charge in [0.1, 0.15) is 17.4 Å². The van der Waals surface area contributed by atoms with Crippen LogP contribution in [0.15, 0.2) is 78.9 Å². The van der Waals surface area contributed by atoms with Gasteiger partial charge in [-0.3, -0.25) is 9.59 Å². The first kappa shape index (κ1) is 37.5. The molecule has 4 rings (SSSR count). The Balaban J connectivity index is 2.05. The number of carbonyl (C=O) groups is 2. The molecule has 0 saturated heterocycles. The van der Waals surface area contributed by atoms with Crippen molar-refractivity contribution < 1.29 is 63.0 Å². The van der Waals surface area contributed by atoms with E-state index in [-0.39, 0.29) is 22.8 Å². The minimum absolute atomic E-state index is 0.0134. The Morgan fingerprint density at radius 3 is 1.98 bits per heavy atom. The Morgan fingerprint density at radius 2 is 1.40 bits per heavy atom. The Morgan fingerprint density at radius 1 is 0.780 bits per heavy atom. The van der Waals surface area contributed by atoms with Gasteiger partial charge < -0.3 is 20.5 Å². The van der Waals surface area contributed by atoms with Crippen LogP contribution >= 0.6 is 0 Å². The van der Waals surface area contributed by atoms with Crippen LogP contribution in [0, 0.1) is 17.5 Å². The highest BCUT2D eigenvalue weighted by atomic mass is 19.4. The first-order valence-corrected chi connectivity index (χ1v) is 14.4. The molecule has 1 atom stereocenters. The van der Waals surface area contributed by atoms with E-state index in [4.69, 9.17) is 10.5 Å². The summed E-state index contributed by atoms with van der Waals surface area (Å²) in [6.07, 6.45) is -15.9. The molecule has 0 saturated carbocycles. The number of halogens is 10. The van der Waals surface area contributed by atoms with Crippen LogP contribution in [0.1, 0.15) is 56.8 Å². The average Bonchev–Trinajstić information content (AvgIpc) is 3.00. The third kappa shape index (κ3) is 8.47. The van der Waals surface area contributed by atoms with E-state index in [9.17, 15) is 49.1 Å². The molecule has 0 aliphatic rings. The second-order valence-corrected chi connectivity index (χ2v) is 11.2. The summed E-state index contributed by atoms with van der Waals surface area (Å²) in [4.78, 5) is 25.5. The zero-order valence-electron chi connectivity index (χ0n) is 25.9. The van der Waals surface area contributed by atoms with Gasteiger partial charge in [0.05, 0.1) is 17.2 Å². The molecule has 0 aliphatic heterocycles. The zero-order chi connectivity index (χ0) is 37.2. The number of alkyl halides is 7. The van der Waals surface area contributed by atoms with Crippen molar-refractivity contribution in [3.05, 3.63) is 130 Å². The molecule has 266 valence electrons. The lowest BCUT2D eigenvalue weighted by atomic mass is 9.77. The quantitative estimate of drug-likeness (QED) is 0.145. The second kappa shape index (κ2) is 14.3. The fraction of sp³-hybridized carbons (Fsp3) is 0.235. The van der Waals surface area contributed by atoms with E-state index in [1.54, 1.807) is 0 Å². The average molecular weight is 717 g/mol. The second-order valence-electron chi connectivity index (χ2n) is 11.2. The lowest BCUT2D eigenvalue weighted by Crippen LogP contribution is -2.49. The van der Waals surface area contributed by atoms with Gasteiger partial charge in [0.2, 0.25) is 5.91 Å². The van der Waals surface area contributed by atoms with Crippen molar-refractivity contribution in [3.8, 4) is 11.5 Å². The predicted octanol–water partition coefficient (Wildman–Crippen LogP) is 8.16. The zero-order valence-corrected chi connectivity index (χ0v) is 25.9. The molecule has 4 aromatic carbocycles. The van der Waals surface area contributed by atoms with Gasteiger partial charge in [0.25, 0.3) is 5.91 Å². The maximum atomic E-state index is 15.2. The summed E-state index contributed by atoms with van der Waals surface area (Å²) in [5.74, 6) is -7.78. The summed E-state index contributed by atoms with van der Waals surface area (Å²) in [5, 5.41) is 2.45. The number of benzene rings is 4. The van der Waals surface area contributed by atoms with E-state index in [1.165, 1.54) is 38.1 Å². The molecule has 0 aromatic heterocycles. The number of nitrogens with one attached hydrogen (secondary N) is 1. The molecule has 50 heavy (non-hydrogen) atoms. The van der Waals surface area contributed by atoms with E-state index in [0.29, 0.717) is 30.3 Å². The number of rotatable bonds is 12. The molecular formula is C34H26F10N2O4. The van der Waals surface area contributed by atoms with Crippen molar-refractivity contribution in [2.24, 2.45) is 5.73 Å². The monoisotopic (exact) mass is 716 g/mol. The minimum Gasteiger partial charge on any atom is -0.488 e. The molecule has 0 heterocycles. The van der Waals surface area contributed by atoms with Crippen LogP contribution in [0.25, 0.3) is 0 Å². The fourth-order valence-corrected chi connectivity index (χ4v) is 4.98. The Labute approximate surface area is 277 Å². The van der Waals surface area contributed by atoms with Crippen LogP contribution < -0.4 is 20.5 Å². The SMILES string of the molecule is CC(C)Oc1cc(C(Cc2ccc(C(N)=O)cc2)(NC(=O)c2ccc(F)c(C(F)(F)F)c2)c2cc(F)cc(OC(F)(F)C(F)F)c2)ccc1F. The Kier molecular flexibility index (Phi) is 10.7. The lowest BCUT2D eigenvalue weighted by molar-refractivity contribution is -0.253. The van der Waals surface area contributed by atoms with Crippen molar-refractivity contribution in [2.75, 3.05) is 0 Å². The number of ether oxygens (including phenoxy) is 2. The van der Waals surface area contributed by atoms with Crippen molar-refractivity contribution in [1.29, 1.82) is 0 Å². The smallest absolute Gasteiger partial charge is 0.461 e. The third-order valence-corrected chi connectivity index (χ3v) is 7.23. The van der Waals surface area contributed by atoms with Crippen molar-refractivity contribution >= 4 is 11.8 Å². The predicted molar refractivity (Wildman–Crippen MR) is 158 cm³/mol. The number of hydrogen-bond acceptors (Lipinski definition) is 4. The molecule has 1 unspecified atom stereocenters. The van der Waals surface area contributed by atoms with E-state index in [2.05, 4.69) is 10.1 Å². The number of hydrogen-bond donors (Lipinski definition) is 2. The molecular weight excluding hydrogens is 690 g/mol. The molecule has 6 nitrogen and oxygen atoms in total. The van der Waals surface area contributed by atoms with Gasteiger partial charge >= 0.3 is 18.7 Å². The van der Waals surface area contributed by atoms with E-state index in [1.807, 2.05) is 0 Å². The molecule has 0 aliphatic carbocycles. The molecule has 0 bridgehead atoms. The standard InChI is InChI=1S/C34H26F10N2O4/c1-17(2)49-28-14-21(8-10-27(28)37)32(16-18-3-5-19(6-4-18)29(45)47,22-12-23(35)15-24(13-22)50-34(43,44)31(38)39)46-30(48)20-7-9-26(36)25(11-20)33(40,41)42/h3-15,17,31H,16H2,1-2H3,(H2,45,47)(H,46,48).